The molecule has 0 fully saturated rings. The second kappa shape index (κ2) is 5.34. The monoisotopic (exact) mass is 262 g/mol. The Balaban J connectivity index is 2.72. The zero-order valence-corrected chi connectivity index (χ0v) is 11.5. The number of aryl methyl sites for hydroxylation is 3. The van der Waals surface area contributed by atoms with Crippen LogP contribution in [0.3, 0.4) is 0 Å². The van der Waals surface area contributed by atoms with Crippen molar-refractivity contribution in [1.29, 1.82) is 0 Å². The largest absolute Gasteiger partial charge is 0.481 e. The quantitative estimate of drug-likeness (QED) is 0.881. The fraction of sp³-hybridized carbons (Fsp3) is 0.538. The number of rotatable bonds is 5. The summed E-state index contributed by atoms with van der Waals surface area (Å²) in [6, 6.07) is 0. The van der Waals surface area contributed by atoms with Crippen LogP contribution in [0, 0.1) is 0 Å². The minimum Gasteiger partial charge on any atom is -0.481 e. The van der Waals surface area contributed by atoms with Crippen LogP contribution in [0.1, 0.15) is 43.5 Å². The highest BCUT2D eigenvalue weighted by Gasteiger charge is 2.17. The van der Waals surface area contributed by atoms with Crippen molar-refractivity contribution in [3.05, 3.63) is 22.8 Å². The fourth-order valence-corrected chi connectivity index (χ4v) is 2.24. The molecule has 0 aliphatic rings. The summed E-state index contributed by atoms with van der Waals surface area (Å²) in [5.74, 6) is 0.456. The number of carbonyl (C=O) groups is 1. The SMILES string of the molecule is CCc1nc2nc(CC)c(CC(=O)O)c(CC)n2n1. The number of fused-ring (bicyclic) bond motifs is 1. The molecule has 0 unspecified atom stereocenters. The van der Waals surface area contributed by atoms with Gasteiger partial charge in [-0.25, -0.2) is 9.50 Å². The van der Waals surface area contributed by atoms with Crippen molar-refractivity contribution in [3.8, 4) is 0 Å². The highest BCUT2D eigenvalue weighted by molar-refractivity contribution is 5.71. The molecule has 0 aromatic carbocycles. The maximum absolute atomic E-state index is 11.0. The average molecular weight is 262 g/mol. The van der Waals surface area contributed by atoms with Gasteiger partial charge in [-0.15, -0.1) is 5.10 Å². The van der Waals surface area contributed by atoms with Gasteiger partial charge in [-0.05, 0) is 12.8 Å². The average Bonchev–Trinajstić information content (AvgIpc) is 2.79. The lowest BCUT2D eigenvalue weighted by Crippen LogP contribution is -2.13. The Hall–Kier alpha value is -1.98. The van der Waals surface area contributed by atoms with Crippen molar-refractivity contribution in [2.45, 2.75) is 46.5 Å². The number of hydrogen-bond donors (Lipinski definition) is 1. The van der Waals surface area contributed by atoms with Crippen molar-refractivity contribution < 1.29 is 9.90 Å². The van der Waals surface area contributed by atoms with Crippen LogP contribution in [0.4, 0.5) is 0 Å². The van der Waals surface area contributed by atoms with E-state index in [0.29, 0.717) is 18.6 Å². The van der Waals surface area contributed by atoms with Gasteiger partial charge in [0, 0.05) is 17.7 Å². The molecule has 2 rings (SSSR count). The lowest BCUT2D eigenvalue weighted by molar-refractivity contribution is -0.136. The molecule has 0 radical (unpaired) electrons. The highest BCUT2D eigenvalue weighted by Crippen LogP contribution is 2.17. The van der Waals surface area contributed by atoms with Crippen molar-refractivity contribution in [1.82, 2.24) is 19.6 Å². The summed E-state index contributed by atoms with van der Waals surface area (Å²) >= 11 is 0. The van der Waals surface area contributed by atoms with Gasteiger partial charge in [0.15, 0.2) is 5.82 Å². The smallest absolute Gasteiger partial charge is 0.307 e. The molecule has 0 saturated carbocycles. The van der Waals surface area contributed by atoms with Crippen LogP contribution in [0.15, 0.2) is 0 Å². The Bertz CT molecular complexity index is 619. The van der Waals surface area contributed by atoms with E-state index in [0.717, 1.165) is 29.2 Å². The topological polar surface area (TPSA) is 80.4 Å². The highest BCUT2D eigenvalue weighted by atomic mass is 16.4. The van der Waals surface area contributed by atoms with Crippen molar-refractivity contribution in [3.63, 3.8) is 0 Å². The van der Waals surface area contributed by atoms with E-state index in [2.05, 4.69) is 15.1 Å². The van der Waals surface area contributed by atoms with Crippen LogP contribution in [0.2, 0.25) is 0 Å². The number of carboxylic acid groups (broad SMARTS) is 1. The minimum absolute atomic E-state index is 0.0173. The van der Waals surface area contributed by atoms with E-state index in [9.17, 15) is 4.79 Å². The Kier molecular flexibility index (Phi) is 3.78. The Labute approximate surface area is 111 Å². The minimum atomic E-state index is -0.846. The number of aromatic nitrogens is 4. The standard InChI is InChI=1S/C13H18N4O2/c1-4-9-8(7-12(18)19)10(5-2)17-13(14-9)15-11(6-3)16-17/h4-7H2,1-3H3,(H,18,19). The molecule has 19 heavy (non-hydrogen) atoms. The Morgan fingerprint density at radius 3 is 2.42 bits per heavy atom. The van der Waals surface area contributed by atoms with Crippen molar-refractivity contribution >= 4 is 11.7 Å². The molecule has 0 atom stereocenters. The molecule has 0 bridgehead atoms. The van der Waals surface area contributed by atoms with Gasteiger partial charge in [0.25, 0.3) is 5.78 Å². The summed E-state index contributed by atoms with van der Waals surface area (Å²) in [7, 11) is 0. The predicted molar refractivity (Wildman–Crippen MR) is 70.3 cm³/mol. The number of nitrogens with zero attached hydrogens (tertiary/aromatic N) is 4. The molecule has 0 aliphatic heterocycles. The molecule has 2 aromatic heterocycles. The summed E-state index contributed by atoms with van der Waals surface area (Å²) in [6.45, 7) is 5.95. The van der Waals surface area contributed by atoms with Crippen LogP contribution < -0.4 is 0 Å². The van der Waals surface area contributed by atoms with Gasteiger partial charge in [-0.1, -0.05) is 20.8 Å². The lowest BCUT2D eigenvalue weighted by atomic mass is 10.0. The first-order valence-corrected chi connectivity index (χ1v) is 6.58. The maximum atomic E-state index is 11.0. The molecule has 102 valence electrons. The van der Waals surface area contributed by atoms with Crippen LogP contribution >= 0.6 is 0 Å². The number of hydrogen-bond acceptors (Lipinski definition) is 4. The molecule has 6 heteroatoms. The molecule has 2 aromatic rings. The molecule has 6 nitrogen and oxygen atoms in total. The molecule has 2 heterocycles. The number of aliphatic carboxylic acids is 1. The summed E-state index contributed by atoms with van der Waals surface area (Å²) in [6.07, 6.45) is 2.13. The number of carboxylic acids is 1. The van der Waals surface area contributed by atoms with Crippen LogP contribution in [-0.4, -0.2) is 30.7 Å². The summed E-state index contributed by atoms with van der Waals surface area (Å²) in [5.41, 5.74) is 2.48. The zero-order valence-electron chi connectivity index (χ0n) is 11.5. The van der Waals surface area contributed by atoms with Gasteiger partial charge in [-0.2, -0.15) is 4.98 Å². The zero-order chi connectivity index (χ0) is 14.0. The van der Waals surface area contributed by atoms with Gasteiger partial charge in [0.1, 0.15) is 0 Å². The van der Waals surface area contributed by atoms with E-state index in [-0.39, 0.29) is 6.42 Å². The molecular formula is C13H18N4O2. The van der Waals surface area contributed by atoms with E-state index < -0.39 is 5.97 Å². The van der Waals surface area contributed by atoms with E-state index in [1.54, 1.807) is 4.52 Å². The van der Waals surface area contributed by atoms with Crippen molar-refractivity contribution in [2.24, 2.45) is 0 Å². The third kappa shape index (κ3) is 2.43. The summed E-state index contributed by atoms with van der Waals surface area (Å²) in [5, 5.41) is 13.5. The van der Waals surface area contributed by atoms with Crippen LogP contribution in [0.25, 0.3) is 5.78 Å². The normalized spacial score (nSPS) is 11.1. The predicted octanol–water partition coefficient (Wildman–Crippen LogP) is 1.44. The molecule has 0 aliphatic carbocycles. The first-order chi connectivity index (χ1) is 9.10. The van der Waals surface area contributed by atoms with E-state index >= 15 is 0 Å². The third-order valence-corrected chi connectivity index (χ3v) is 3.14. The summed E-state index contributed by atoms with van der Waals surface area (Å²) in [4.78, 5) is 19.8. The Morgan fingerprint density at radius 1 is 1.16 bits per heavy atom. The van der Waals surface area contributed by atoms with Gasteiger partial charge in [-0.3, -0.25) is 4.79 Å². The second-order valence-corrected chi connectivity index (χ2v) is 4.35. The molecular weight excluding hydrogens is 244 g/mol. The molecule has 1 N–H and O–H groups in total. The maximum Gasteiger partial charge on any atom is 0.307 e. The van der Waals surface area contributed by atoms with Gasteiger partial charge < -0.3 is 5.11 Å². The van der Waals surface area contributed by atoms with Gasteiger partial charge in [0.05, 0.1) is 12.1 Å². The van der Waals surface area contributed by atoms with Crippen LogP contribution in [0.5, 0.6) is 0 Å². The fourth-order valence-electron chi connectivity index (χ4n) is 2.24. The second-order valence-electron chi connectivity index (χ2n) is 4.35. The Morgan fingerprint density at radius 2 is 1.89 bits per heavy atom. The first-order valence-electron chi connectivity index (χ1n) is 6.58. The third-order valence-electron chi connectivity index (χ3n) is 3.14. The summed E-state index contributed by atoms with van der Waals surface area (Å²) < 4.78 is 1.69. The van der Waals surface area contributed by atoms with Crippen LogP contribution in [-0.2, 0) is 30.5 Å². The first kappa shape index (κ1) is 13.5. The molecule has 0 spiro atoms. The van der Waals surface area contributed by atoms with E-state index in [1.165, 1.54) is 0 Å². The van der Waals surface area contributed by atoms with Gasteiger partial charge >= 0.3 is 5.97 Å². The molecule has 0 amide bonds. The van der Waals surface area contributed by atoms with Gasteiger partial charge in [0.2, 0.25) is 0 Å². The van der Waals surface area contributed by atoms with E-state index in [1.807, 2.05) is 20.8 Å². The lowest BCUT2D eigenvalue weighted by Gasteiger charge is -2.11. The molecule has 0 saturated heterocycles. The van der Waals surface area contributed by atoms with Crippen molar-refractivity contribution in [2.75, 3.05) is 0 Å². The van der Waals surface area contributed by atoms with E-state index in [4.69, 9.17) is 5.11 Å².